The number of carbonyl (C=O) groups excluding carboxylic acids is 2. The molecule has 1 aromatic carbocycles. The second-order valence-corrected chi connectivity index (χ2v) is 6.67. The van der Waals surface area contributed by atoms with Crippen molar-refractivity contribution < 1.29 is 18.4 Å². The Balaban J connectivity index is 1.61. The third-order valence-electron chi connectivity index (χ3n) is 3.66. The minimum absolute atomic E-state index is 0.0238. The van der Waals surface area contributed by atoms with Crippen LogP contribution in [0.15, 0.2) is 57.0 Å². The average Bonchev–Trinajstić information content (AvgIpc) is 3.21. The molecule has 0 unspecified atom stereocenters. The maximum absolute atomic E-state index is 13.7. The molecule has 5 N–H and O–H groups in total. The van der Waals surface area contributed by atoms with E-state index in [1.54, 1.807) is 12.1 Å². The van der Waals surface area contributed by atoms with Crippen LogP contribution in [0.2, 0.25) is 0 Å². The Labute approximate surface area is 167 Å². The number of aromatic amines is 1. The predicted octanol–water partition coefficient (Wildman–Crippen LogP) is 1.74. The maximum Gasteiger partial charge on any atom is 0.277 e. The highest BCUT2D eigenvalue weighted by Gasteiger charge is 2.17. The minimum Gasteiger partial charge on any atom is -0.467 e. The molecular formula is C18H16FN5O4S. The van der Waals surface area contributed by atoms with Gasteiger partial charge in [-0.15, -0.1) is 0 Å². The van der Waals surface area contributed by atoms with Gasteiger partial charge in [-0.3, -0.25) is 19.4 Å². The van der Waals surface area contributed by atoms with Gasteiger partial charge in [0.15, 0.2) is 11.0 Å². The maximum atomic E-state index is 13.7. The Morgan fingerprint density at radius 1 is 1.24 bits per heavy atom. The second-order valence-electron chi connectivity index (χ2n) is 5.71. The highest BCUT2D eigenvalue weighted by molar-refractivity contribution is 7.99. The van der Waals surface area contributed by atoms with Gasteiger partial charge in [0.05, 0.1) is 24.1 Å². The van der Waals surface area contributed by atoms with E-state index in [0.717, 1.165) is 17.8 Å². The summed E-state index contributed by atoms with van der Waals surface area (Å²) >= 11 is 0.958. The molecule has 150 valence electrons. The molecule has 0 bridgehead atoms. The lowest BCUT2D eigenvalue weighted by Crippen LogP contribution is -2.25. The Morgan fingerprint density at radius 3 is 2.72 bits per heavy atom. The minimum atomic E-state index is -0.834. The van der Waals surface area contributed by atoms with Gasteiger partial charge in [-0.25, -0.2) is 9.37 Å². The Bertz CT molecular complexity index is 1080. The molecule has 0 spiro atoms. The molecule has 3 rings (SSSR count). The molecule has 9 nitrogen and oxygen atoms in total. The van der Waals surface area contributed by atoms with E-state index >= 15 is 0 Å². The number of benzene rings is 1. The Kier molecular flexibility index (Phi) is 6.29. The third-order valence-corrected chi connectivity index (χ3v) is 4.54. The average molecular weight is 417 g/mol. The van der Waals surface area contributed by atoms with E-state index in [2.05, 4.69) is 20.6 Å². The molecule has 11 heteroatoms. The summed E-state index contributed by atoms with van der Waals surface area (Å²) in [5, 5.41) is 5.00. The van der Waals surface area contributed by atoms with Crippen molar-refractivity contribution in [2.45, 2.75) is 11.7 Å². The van der Waals surface area contributed by atoms with Crippen molar-refractivity contribution >= 4 is 35.1 Å². The van der Waals surface area contributed by atoms with E-state index in [1.807, 2.05) is 0 Å². The van der Waals surface area contributed by atoms with Gasteiger partial charge in [0.1, 0.15) is 17.3 Å². The fourth-order valence-corrected chi connectivity index (χ4v) is 2.97. The molecule has 0 saturated carbocycles. The van der Waals surface area contributed by atoms with Crippen molar-refractivity contribution in [1.82, 2.24) is 15.3 Å². The van der Waals surface area contributed by atoms with E-state index in [9.17, 15) is 18.8 Å². The third kappa shape index (κ3) is 5.23. The summed E-state index contributed by atoms with van der Waals surface area (Å²) in [7, 11) is 0. The lowest BCUT2D eigenvalue weighted by atomic mass is 10.2. The fourth-order valence-electron chi connectivity index (χ4n) is 2.27. The molecule has 0 atom stereocenters. The number of nitrogens with two attached hydrogens (primary N) is 1. The highest BCUT2D eigenvalue weighted by Crippen LogP contribution is 2.17. The molecule has 3 aromatic rings. The number of nitrogens with zero attached hydrogens (tertiary/aromatic N) is 1. The normalized spacial score (nSPS) is 10.5. The van der Waals surface area contributed by atoms with Crippen LogP contribution in [0.5, 0.6) is 0 Å². The van der Waals surface area contributed by atoms with Crippen molar-refractivity contribution in [2.24, 2.45) is 0 Å². The van der Waals surface area contributed by atoms with Gasteiger partial charge in [-0.05, 0) is 24.3 Å². The van der Waals surface area contributed by atoms with Gasteiger partial charge in [-0.2, -0.15) is 0 Å². The number of nitrogen functional groups attached to an aromatic ring is 1. The van der Waals surface area contributed by atoms with Crippen LogP contribution in [0.1, 0.15) is 16.1 Å². The number of rotatable bonds is 7. The predicted molar refractivity (Wildman–Crippen MR) is 105 cm³/mol. The van der Waals surface area contributed by atoms with Gasteiger partial charge < -0.3 is 20.8 Å². The van der Waals surface area contributed by atoms with Crippen molar-refractivity contribution in [3.63, 3.8) is 0 Å². The first-order valence-electron chi connectivity index (χ1n) is 8.31. The second kappa shape index (κ2) is 9.06. The number of amides is 2. The molecule has 0 aliphatic heterocycles. The molecule has 0 fully saturated rings. The molecule has 2 heterocycles. The fraction of sp³-hybridized carbons (Fsp3) is 0.111. The number of carbonyl (C=O) groups is 2. The number of H-pyrrole nitrogens is 1. The highest BCUT2D eigenvalue weighted by atomic mass is 32.2. The summed E-state index contributed by atoms with van der Waals surface area (Å²) in [5.74, 6) is -1.54. The van der Waals surface area contributed by atoms with Crippen molar-refractivity contribution in [2.75, 3.05) is 16.8 Å². The molecule has 2 amide bonds. The number of nitrogens with one attached hydrogen (secondary N) is 3. The van der Waals surface area contributed by atoms with Crippen LogP contribution in [0, 0.1) is 5.82 Å². The van der Waals surface area contributed by atoms with E-state index in [0.29, 0.717) is 5.76 Å². The number of furan rings is 1. The molecule has 0 aliphatic carbocycles. The van der Waals surface area contributed by atoms with Gasteiger partial charge in [-0.1, -0.05) is 23.9 Å². The van der Waals surface area contributed by atoms with Crippen LogP contribution in [-0.4, -0.2) is 27.5 Å². The molecule has 0 radical (unpaired) electrons. The van der Waals surface area contributed by atoms with Crippen LogP contribution in [0.4, 0.5) is 15.9 Å². The van der Waals surface area contributed by atoms with E-state index in [1.165, 1.54) is 24.5 Å². The molecular weight excluding hydrogens is 401 g/mol. The van der Waals surface area contributed by atoms with Crippen molar-refractivity contribution in [3.05, 3.63) is 70.2 Å². The number of hydrogen-bond acceptors (Lipinski definition) is 7. The summed E-state index contributed by atoms with van der Waals surface area (Å²) in [5.41, 5.74) is 4.49. The Morgan fingerprint density at radius 2 is 2.03 bits per heavy atom. The van der Waals surface area contributed by atoms with Crippen molar-refractivity contribution in [3.8, 4) is 0 Å². The smallest absolute Gasteiger partial charge is 0.277 e. The monoisotopic (exact) mass is 417 g/mol. The molecule has 29 heavy (non-hydrogen) atoms. The summed E-state index contributed by atoms with van der Waals surface area (Å²) in [6.07, 6.45) is 1.50. The summed E-state index contributed by atoms with van der Waals surface area (Å²) in [6, 6.07) is 8.75. The molecule has 0 aliphatic rings. The number of thioether (sulfide) groups is 1. The SMILES string of the molecule is Nc1nc(SCC(=O)NCc2ccco2)[nH]c(=O)c1NC(=O)c1ccccc1F. The first-order valence-corrected chi connectivity index (χ1v) is 9.30. The zero-order chi connectivity index (χ0) is 20.8. The lowest BCUT2D eigenvalue weighted by molar-refractivity contribution is -0.118. The van der Waals surface area contributed by atoms with Gasteiger partial charge >= 0.3 is 0 Å². The van der Waals surface area contributed by atoms with Crippen LogP contribution in [0.3, 0.4) is 0 Å². The Hall–Kier alpha value is -3.60. The summed E-state index contributed by atoms with van der Waals surface area (Å²) in [6.45, 7) is 0.236. The van der Waals surface area contributed by atoms with Crippen molar-refractivity contribution in [1.29, 1.82) is 0 Å². The lowest BCUT2D eigenvalue weighted by Gasteiger charge is -2.09. The molecule has 0 saturated heterocycles. The van der Waals surface area contributed by atoms with E-state index in [-0.39, 0.29) is 40.4 Å². The van der Waals surface area contributed by atoms with Crippen LogP contribution < -0.4 is 21.9 Å². The summed E-state index contributed by atoms with van der Waals surface area (Å²) < 4.78 is 18.8. The topological polar surface area (TPSA) is 143 Å². The zero-order valence-electron chi connectivity index (χ0n) is 14.9. The quantitative estimate of drug-likeness (QED) is 0.339. The summed E-state index contributed by atoms with van der Waals surface area (Å²) in [4.78, 5) is 42.6. The standard InChI is InChI=1S/C18H16FN5O4S/c19-12-6-2-1-5-11(12)16(26)22-14-15(20)23-18(24-17(14)27)29-9-13(25)21-8-10-4-3-7-28-10/h1-7H,8-9H2,(H,21,25)(H,22,26)(H3,20,23,24,27). The van der Waals surface area contributed by atoms with Gasteiger partial charge in [0.25, 0.3) is 11.5 Å². The number of hydrogen-bond donors (Lipinski definition) is 4. The number of anilines is 2. The zero-order valence-corrected chi connectivity index (χ0v) is 15.7. The number of halogens is 1. The van der Waals surface area contributed by atoms with E-state index in [4.69, 9.17) is 10.2 Å². The van der Waals surface area contributed by atoms with Gasteiger partial charge in [0.2, 0.25) is 5.91 Å². The first-order chi connectivity index (χ1) is 13.9. The van der Waals surface area contributed by atoms with Crippen LogP contribution in [0.25, 0.3) is 0 Å². The first kappa shape index (κ1) is 20.1. The van der Waals surface area contributed by atoms with Gasteiger partial charge in [0, 0.05) is 0 Å². The molecule has 2 aromatic heterocycles. The van der Waals surface area contributed by atoms with Crippen LogP contribution >= 0.6 is 11.8 Å². The number of aromatic nitrogens is 2. The van der Waals surface area contributed by atoms with E-state index < -0.39 is 17.3 Å². The largest absolute Gasteiger partial charge is 0.467 e. The van der Waals surface area contributed by atoms with Crippen LogP contribution in [-0.2, 0) is 11.3 Å².